The minimum absolute atomic E-state index is 0.306. The Morgan fingerprint density at radius 2 is 1.95 bits per heavy atom. The monoisotopic (exact) mass is 306 g/mol. The van der Waals surface area contributed by atoms with Crippen LogP contribution in [0.25, 0.3) is 0 Å². The Labute approximate surface area is 131 Å². The standard InChI is InChI=1S/C17H23ClN2O/c18-15-5-4-13-11-16(12-14(13)10-15)19-7-6-17(21)20-8-2-1-3-9-20/h4-5,10,16,19H,1-3,6-9,11-12H2. The van der Waals surface area contributed by atoms with Gasteiger partial charge in [0.2, 0.25) is 5.91 Å². The van der Waals surface area contributed by atoms with Gasteiger partial charge in [-0.05, 0) is 55.4 Å². The van der Waals surface area contributed by atoms with Gasteiger partial charge in [0.25, 0.3) is 0 Å². The molecule has 4 heteroatoms. The van der Waals surface area contributed by atoms with Crippen LogP contribution in [0.15, 0.2) is 18.2 Å². The van der Waals surface area contributed by atoms with E-state index in [1.54, 1.807) is 0 Å². The lowest BCUT2D eigenvalue weighted by Gasteiger charge is -2.27. The Morgan fingerprint density at radius 1 is 1.19 bits per heavy atom. The average molecular weight is 307 g/mol. The normalized spacial score (nSPS) is 21.4. The van der Waals surface area contributed by atoms with E-state index >= 15 is 0 Å². The van der Waals surface area contributed by atoms with Crippen LogP contribution in [0.3, 0.4) is 0 Å². The van der Waals surface area contributed by atoms with Crippen LogP contribution in [-0.2, 0) is 17.6 Å². The molecule has 2 aliphatic rings. The lowest BCUT2D eigenvalue weighted by Crippen LogP contribution is -2.38. The number of carbonyl (C=O) groups is 1. The molecule has 0 spiro atoms. The molecule has 1 N–H and O–H groups in total. The van der Waals surface area contributed by atoms with E-state index in [0.717, 1.165) is 50.3 Å². The molecule has 1 aliphatic carbocycles. The Bertz CT molecular complexity index is 512. The van der Waals surface area contributed by atoms with E-state index in [1.807, 2.05) is 11.0 Å². The van der Waals surface area contributed by atoms with Crippen molar-refractivity contribution in [2.45, 2.75) is 44.6 Å². The smallest absolute Gasteiger partial charge is 0.223 e. The Kier molecular flexibility index (Phi) is 4.81. The Hall–Kier alpha value is -1.06. The number of carbonyl (C=O) groups excluding carboxylic acids is 1. The summed E-state index contributed by atoms with van der Waals surface area (Å²) in [6.45, 7) is 2.68. The predicted molar refractivity (Wildman–Crippen MR) is 85.7 cm³/mol. The zero-order valence-electron chi connectivity index (χ0n) is 12.4. The molecule has 1 aliphatic heterocycles. The van der Waals surface area contributed by atoms with Crippen molar-refractivity contribution in [3.05, 3.63) is 34.3 Å². The first kappa shape index (κ1) is 14.9. The van der Waals surface area contributed by atoms with Gasteiger partial charge in [-0.25, -0.2) is 0 Å². The third kappa shape index (κ3) is 3.78. The highest BCUT2D eigenvalue weighted by Gasteiger charge is 2.22. The summed E-state index contributed by atoms with van der Waals surface area (Å²) in [5, 5.41) is 4.34. The lowest BCUT2D eigenvalue weighted by atomic mass is 10.1. The van der Waals surface area contributed by atoms with Crippen LogP contribution in [-0.4, -0.2) is 36.5 Å². The number of benzene rings is 1. The van der Waals surface area contributed by atoms with Crippen molar-refractivity contribution in [1.29, 1.82) is 0 Å². The van der Waals surface area contributed by atoms with E-state index in [1.165, 1.54) is 17.5 Å². The number of piperidine rings is 1. The van der Waals surface area contributed by atoms with E-state index in [4.69, 9.17) is 11.6 Å². The Balaban J connectivity index is 1.42. The molecule has 3 nitrogen and oxygen atoms in total. The number of halogens is 1. The first-order valence-electron chi connectivity index (χ1n) is 8.01. The molecule has 0 radical (unpaired) electrons. The van der Waals surface area contributed by atoms with Gasteiger partial charge in [0, 0.05) is 37.1 Å². The fourth-order valence-corrected chi connectivity index (χ4v) is 3.61. The van der Waals surface area contributed by atoms with Crippen LogP contribution in [0, 0.1) is 0 Å². The van der Waals surface area contributed by atoms with Crippen LogP contribution < -0.4 is 5.32 Å². The second-order valence-electron chi connectivity index (χ2n) is 6.16. The molecule has 0 aromatic heterocycles. The molecule has 114 valence electrons. The SMILES string of the molecule is O=C(CCNC1Cc2ccc(Cl)cc2C1)N1CCCCC1. The number of hydrogen-bond acceptors (Lipinski definition) is 2. The predicted octanol–water partition coefficient (Wildman–Crippen LogP) is 2.80. The molecule has 21 heavy (non-hydrogen) atoms. The van der Waals surface area contributed by atoms with Crippen LogP contribution >= 0.6 is 11.6 Å². The van der Waals surface area contributed by atoms with E-state index in [9.17, 15) is 4.79 Å². The second kappa shape index (κ2) is 6.80. The highest BCUT2D eigenvalue weighted by molar-refractivity contribution is 6.30. The van der Waals surface area contributed by atoms with E-state index in [0.29, 0.717) is 18.4 Å². The summed E-state index contributed by atoms with van der Waals surface area (Å²) in [6, 6.07) is 6.60. The first-order chi connectivity index (χ1) is 10.2. The number of nitrogens with one attached hydrogen (secondary N) is 1. The maximum atomic E-state index is 12.1. The van der Waals surface area contributed by atoms with Gasteiger partial charge < -0.3 is 10.2 Å². The first-order valence-corrected chi connectivity index (χ1v) is 8.38. The number of likely N-dealkylation sites (tertiary alicyclic amines) is 1. The lowest BCUT2D eigenvalue weighted by molar-refractivity contribution is -0.131. The van der Waals surface area contributed by atoms with Gasteiger partial charge in [-0.15, -0.1) is 0 Å². The minimum Gasteiger partial charge on any atom is -0.343 e. The van der Waals surface area contributed by atoms with Gasteiger partial charge in [-0.3, -0.25) is 4.79 Å². The number of nitrogens with zero attached hydrogens (tertiary/aromatic N) is 1. The van der Waals surface area contributed by atoms with Crippen molar-refractivity contribution in [3.63, 3.8) is 0 Å². The Morgan fingerprint density at radius 3 is 2.76 bits per heavy atom. The van der Waals surface area contributed by atoms with Crippen molar-refractivity contribution in [2.24, 2.45) is 0 Å². The van der Waals surface area contributed by atoms with Gasteiger partial charge in [0.15, 0.2) is 0 Å². The van der Waals surface area contributed by atoms with E-state index < -0.39 is 0 Å². The van der Waals surface area contributed by atoms with Gasteiger partial charge in [0.05, 0.1) is 0 Å². The molecule has 1 unspecified atom stereocenters. The molecule has 0 saturated carbocycles. The summed E-state index contributed by atoms with van der Waals surface area (Å²) in [4.78, 5) is 14.1. The fourth-order valence-electron chi connectivity index (χ4n) is 3.42. The van der Waals surface area contributed by atoms with Crippen molar-refractivity contribution < 1.29 is 4.79 Å². The molecule has 1 atom stereocenters. The largest absolute Gasteiger partial charge is 0.343 e. The fraction of sp³-hybridized carbons (Fsp3) is 0.588. The summed E-state index contributed by atoms with van der Waals surface area (Å²) in [5.41, 5.74) is 2.74. The quantitative estimate of drug-likeness (QED) is 0.928. The average Bonchev–Trinajstić information content (AvgIpc) is 2.89. The molecule has 1 heterocycles. The molecule has 0 bridgehead atoms. The second-order valence-corrected chi connectivity index (χ2v) is 6.60. The summed E-state index contributed by atoms with van der Waals surface area (Å²) in [5.74, 6) is 0.306. The molecule has 1 aromatic carbocycles. The van der Waals surface area contributed by atoms with Crippen molar-refractivity contribution in [3.8, 4) is 0 Å². The maximum absolute atomic E-state index is 12.1. The highest BCUT2D eigenvalue weighted by Crippen LogP contribution is 2.25. The number of rotatable bonds is 4. The molecule has 1 aromatic rings. The van der Waals surface area contributed by atoms with Crippen LogP contribution in [0.1, 0.15) is 36.8 Å². The topological polar surface area (TPSA) is 32.3 Å². The molecular weight excluding hydrogens is 284 g/mol. The van der Waals surface area contributed by atoms with E-state index in [-0.39, 0.29) is 0 Å². The van der Waals surface area contributed by atoms with E-state index in [2.05, 4.69) is 17.4 Å². The molecule has 1 saturated heterocycles. The molecule has 3 rings (SSSR count). The third-order valence-corrected chi connectivity index (χ3v) is 4.82. The molecular formula is C17H23ClN2O. The highest BCUT2D eigenvalue weighted by atomic mass is 35.5. The zero-order valence-corrected chi connectivity index (χ0v) is 13.2. The number of hydrogen-bond donors (Lipinski definition) is 1. The third-order valence-electron chi connectivity index (χ3n) is 4.58. The van der Waals surface area contributed by atoms with Crippen LogP contribution in [0.4, 0.5) is 0 Å². The summed E-state index contributed by atoms with van der Waals surface area (Å²) < 4.78 is 0. The van der Waals surface area contributed by atoms with Gasteiger partial charge in [-0.1, -0.05) is 17.7 Å². The molecule has 1 amide bonds. The maximum Gasteiger partial charge on any atom is 0.223 e. The molecule has 1 fully saturated rings. The van der Waals surface area contributed by atoms with Crippen molar-refractivity contribution in [2.75, 3.05) is 19.6 Å². The minimum atomic E-state index is 0.306. The zero-order chi connectivity index (χ0) is 14.7. The van der Waals surface area contributed by atoms with Gasteiger partial charge >= 0.3 is 0 Å². The summed E-state index contributed by atoms with van der Waals surface area (Å²) >= 11 is 6.03. The van der Waals surface area contributed by atoms with Crippen LogP contribution in [0.5, 0.6) is 0 Å². The number of amides is 1. The van der Waals surface area contributed by atoms with Gasteiger partial charge in [0.1, 0.15) is 0 Å². The van der Waals surface area contributed by atoms with Crippen molar-refractivity contribution >= 4 is 17.5 Å². The van der Waals surface area contributed by atoms with Gasteiger partial charge in [-0.2, -0.15) is 0 Å². The summed E-state index contributed by atoms with van der Waals surface area (Å²) in [7, 11) is 0. The number of fused-ring (bicyclic) bond motifs is 1. The van der Waals surface area contributed by atoms with Crippen LogP contribution in [0.2, 0.25) is 5.02 Å². The summed E-state index contributed by atoms with van der Waals surface area (Å²) in [6.07, 6.45) is 6.28. The van der Waals surface area contributed by atoms with Crippen molar-refractivity contribution in [1.82, 2.24) is 10.2 Å².